The fourth-order valence-corrected chi connectivity index (χ4v) is 3.50. The highest BCUT2D eigenvalue weighted by Gasteiger charge is 2.17. The summed E-state index contributed by atoms with van der Waals surface area (Å²) in [7, 11) is 1.68. The molecule has 1 fully saturated rings. The molecule has 0 bridgehead atoms. The van der Waals surface area contributed by atoms with Gasteiger partial charge < -0.3 is 20.1 Å². The lowest BCUT2D eigenvalue weighted by molar-refractivity contribution is 0.00529. The highest BCUT2D eigenvalue weighted by molar-refractivity contribution is 14.0. The molecular formula is C18H24IN3O2S. The highest BCUT2D eigenvalue weighted by Crippen LogP contribution is 2.27. The molecule has 136 valence electrons. The summed E-state index contributed by atoms with van der Waals surface area (Å²) < 4.78 is 10.7. The minimum absolute atomic E-state index is 0. The van der Waals surface area contributed by atoms with Gasteiger partial charge in [-0.25, -0.2) is 4.99 Å². The number of nitrogens with zero attached hydrogens (tertiary/aromatic N) is 2. The van der Waals surface area contributed by atoms with Crippen molar-refractivity contribution in [2.75, 3.05) is 26.8 Å². The van der Waals surface area contributed by atoms with E-state index in [-0.39, 0.29) is 30.1 Å². The summed E-state index contributed by atoms with van der Waals surface area (Å²) in [6, 6.07) is 10.3. The van der Waals surface area contributed by atoms with E-state index in [1.54, 1.807) is 18.4 Å². The molecule has 2 aromatic rings. The minimum atomic E-state index is 0. The van der Waals surface area contributed by atoms with Gasteiger partial charge in [0.2, 0.25) is 0 Å². The fraction of sp³-hybridized carbons (Fsp3) is 0.389. The fourth-order valence-electron chi connectivity index (χ4n) is 2.68. The molecular weight excluding hydrogens is 449 g/mol. The van der Waals surface area contributed by atoms with E-state index in [9.17, 15) is 0 Å². The third-order valence-corrected chi connectivity index (χ3v) is 4.96. The topological polar surface area (TPSA) is 60.1 Å². The Labute approximate surface area is 169 Å². The second-order valence-electron chi connectivity index (χ2n) is 5.83. The van der Waals surface area contributed by atoms with Gasteiger partial charge in [-0.1, -0.05) is 12.1 Å². The summed E-state index contributed by atoms with van der Waals surface area (Å²) in [6.07, 6.45) is 0.205. The van der Waals surface area contributed by atoms with E-state index in [0.29, 0.717) is 19.1 Å². The monoisotopic (exact) mass is 473 g/mol. The Morgan fingerprint density at radius 1 is 1.36 bits per heavy atom. The van der Waals surface area contributed by atoms with E-state index in [2.05, 4.69) is 40.4 Å². The number of rotatable bonds is 4. The number of aliphatic imine (C=N–C) groups is 1. The third-order valence-electron chi connectivity index (χ3n) is 4.04. The number of thiophene rings is 1. The summed E-state index contributed by atoms with van der Waals surface area (Å²) in [6.45, 7) is 4.98. The standard InChI is InChI=1S/C18H23N3O2S.HI/c1-13-11-21(7-8-23-13)18(19)20-10-17-9-15(12-24-17)14-3-5-16(22-2)6-4-14;/h3-6,9,12-13H,7-8,10-11H2,1-2H3,(H2,19,20);1H. The minimum Gasteiger partial charge on any atom is -0.497 e. The van der Waals surface area contributed by atoms with Crippen LogP contribution in [0, 0.1) is 0 Å². The molecule has 0 radical (unpaired) electrons. The lowest BCUT2D eigenvalue weighted by Gasteiger charge is -2.31. The second kappa shape index (κ2) is 9.40. The van der Waals surface area contributed by atoms with Crippen molar-refractivity contribution < 1.29 is 9.47 Å². The Hall–Kier alpha value is -1.32. The largest absolute Gasteiger partial charge is 0.497 e. The van der Waals surface area contributed by atoms with Crippen molar-refractivity contribution in [3.05, 3.63) is 40.6 Å². The number of morpholine rings is 1. The van der Waals surface area contributed by atoms with Crippen LogP contribution in [0.2, 0.25) is 0 Å². The first-order chi connectivity index (χ1) is 11.7. The number of guanidine groups is 1. The number of ether oxygens (including phenoxy) is 2. The molecule has 1 unspecified atom stereocenters. The van der Waals surface area contributed by atoms with Gasteiger partial charge in [-0.2, -0.15) is 0 Å². The van der Waals surface area contributed by atoms with E-state index in [1.807, 2.05) is 12.1 Å². The molecule has 0 amide bonds. The number of nitrogens with two attached hydrogens (primary N) is 1. The van der Waals surface area contributed by atoms with Gasteiger partial charge in [0.25, 0.3) is 0 Å². The molecule has 1 saturated heterocycles. The molecule has 0 spiro atoms. The SMILES string of the molecule is COc1ccc(-c2csc(CN=C(N)N3CCOC(C)C3)c2)cc1.I. The summed E-state index contributed by atoms with van der Waals surface area (Å²) in [4.78, 5) is 7.83. The van der Waals surface area contributed by atoms with Crippen LogP contribution >= 0.6 is 35.3 Å². The highest BCUT2D eigenvalue weighted by atomic mass is 127. The van der Waals surface area contributed by atoms with Crippen LogP contribution in [-0.2, 0) is 11.3 Å². The molecule has 1 aliphatic rings. The maximum atomic E-state index is 6.12. The molecule has 1 aliphatic heterocycles. The Morgan fingerprint density at radius 3 is 2.80 bits per heavy atom. The number of hydrogen-bond acceptors (Lipinski definition) is 4. The number of halogens is 1. The first-order valence-electron chi connectivity index (χ1n) is 8.04. The van der Waals surface area contributed by atoms with Crippen LogP contribution in [0.1, 0.15) is 11.8 Å². The average molecular weight is 473 g/mol. The Kier molecular flexibility index (Phi) is 7.52. The first kappa shape index (κ1) is 20.0. The van der Waals surface area contributed by atoms with Gasteiger partial charge >= 0.3 is 0 Å². The van der Waals surface area contributed by atoms with Crippen molar-refractivity contribution in [3.63, 3.8) is 0 Å². The molecule has 2 N–H and O–H groups in total. The van der Waals surface area contributed by atoms with Gasteiger partial charge in [-0.15, -0.1) is 35.3 Å². The van der Waals surface area contributed by atoms with Gasteiger partial charge in [0.1, 0.15) is 5.75 Å². The number of hydrogen-bond donors (Lipinski definition) is 1. The van der Waals surface area contributed by atoms with Crippen molar-refractivity contribution in [2.45, 2.75) is 19.6 Å². The van der Waals surface area contributed by atoms with Crippen LogP contribution in [0.25, 0.3) is 11.1 Å². The van der Waals surface area contributed by atoms with Crippen LogP contribution in [0.3, 0.4) is 0 Å². The van der Waals surface area contributed by atoms with E-state index < -0.39 is 0 Å². The predicted molar refractivity (Wildman–Crippen MR) is 114 cm³/mol. The van der Waals surface area contributed by atoms with Crippen LogP contribution in [0.4, 0.5) is 0 Å². The van der Waals surface area contributed by atoms with Crippen LogP contribution < -0.4 is 10.5 Å². The molecule has 1 aromatic heterocycles. The Bertz CT molecular complexity index is 703. The van der Waals surface area contributed by atoms with Crippen LogP contribution in [0.15, 0.2) is 40.7 Å². The lowest BCUT2D eigenvalue weighted by Crippen LogP contribution is -2.47. The van der Waals surface area contributed by atoms with Gasteiger partial charge in [0, 0.05) is 18.0 Å². The first-order valence-corrected chi connectivity index (χ1v) is 8.92. The zero-order chi connectivity index (χ0) is 16.9. The number of benzene rings is 1. The summed E-state index contributed by atoms with van der Waals surface area (Å²) >= 11 is 1.71. The summed E-state index contributed by atoms with van der Waals surface area (Å²) in [5.74, 6) is 1.47. The summed E-state index contributed by atoms with van der Waals surface area (Å²) in [5.41, 5.74) is 8.50. The molecule has 3 rings (SSSR count). The van der Waals surface area contributed by atoms with Gasteiger partial charge in [0.05, 0.1) is 26.4 Å². The van der Waals surface area contributed by atoms with Crippen molar-refractivity contribution in [1.29, 1.82) is 0 Å². The third kappa shape index (κ3) is 5.32. The maximum absolute atomic E-state index is 6.12. The number of methoxy groups -OCH3 is 1. The van der Waals surface area contributed by atoms with Crippen molar-refractivity contribution in [1.82, 2.24) is 4.90 Å². The van der Waals surface area contributed by atoms with Crippen molar-refractivity contribution in [2.24, 2.45) is 10.7 Å². The van der Waals surface area contributed by atoms with Crippen LogP contribution in [0.5, 0.6) is 5.75 Å². The van der Waals surface area contributed by atoms with Gasteiger partial charge in [0.15, 0.2) is 5.96 Å². The molecule has 7 heteroatoms. The lowest BCUT2D eigenvalue weighted by atomic mass is 10.1. The molecule has 1 aromatic carbocycles. The Morgan fingerprint density at radius 2 is 2.12 bits per heavy atom. The van der Waals surface area contributed by atoms with E-state index in [1.165, 1.54) is 16.0 Å². The average Bonchev–Trinajstić information content (AvgIpc) is 3.09. The maximum Gasteiger partial charge on any atom is 0.191 e. The predicted octanol–water partition coefficient (Wildman–Crippen LogP) is 3.58. The molecule has 5 nitrogen and oxygen atoms in total. The van der Waals surface area contributed by atoms with Crippen molar-refractivity contribution >= 4 is 41.3 Å². The second-order valence-corrected chi connectivity index (χ2v) is 6.83. The molecule has 0 saturated carbocycles. The van der Waals surface area contributed by atoms with E-state index in [0.717, 1.165) is 18.8 Å². The quantitative estimate of drug-likeness (QED) is 0.419. The Balaban J connectivity index is 0.00000225. The van der Waals surface area contributed by atoms with E-state index >= 15 is 0 Å². The van der Waals surface area contributed by atoms with Gasteiger partial charge in [-0.3, -0.25) is 0 Å². The molecule has 1 atom stereocenters. The van der Waals surface area contributed by atoms with E-state index in [4.69, 9.17) is 15.2 Å². The summed E-state index contributed by atoms with van der Waals surface area (Å²) in [5, 5.41) is 2.15. The molecule has 0 aliphatic carbocycles. The molecule has 25 heavy (non-hydrogen) atoms. The van der Waals surface area contributed by atoms with Gasteiger partial charge in [-0.05, 0) is 41.6 Å². The van der Waals surface area contributed by atoms with Crippen molar-refractivity contribution in [3.8, 4) is 16.9 Å². The smallest absolute Gasteiger partial charge is 0.191 e. The zero-order valence-corrected chi connectivity index (χ0v) is 17.6. The zero-order valence-electron chi connectivity index (χ0n) is 14.5. The molecule has 2 heterocycles. The van der Waals surface area contributed by atoms with Crippen LogP contribution in [-0.4, -0.2) is 43.8 Å². The normalized spacial score (nSPS) is 17.9.